The third-order valence-corrected chi connectivity index (χ3v) is 2.92. The molecule has 0 saturated heterocycles. The number of imide groups is 1. The van der Waals surface area contributed by atoms with E-state index in [1.807, 2.05) is 37.3 Å². The summed E-state index contributed by atoms with van der Waals surface area (Å²) in [6.45, 7) is 2.51. The van der Waals surface area contributed by atoms with Crippen LogP contribution in [0.15, 0.2) is 30.3 Å². The van der Waals surface area contributed by atoms with Crippen LogP contribution in [0.25, 0.3) is 0 Å². The van der Waals surface area contributed by atoms with Gasteiger partial charge in [0.25, 0.3) is 0 Å². The summed E-state index contributed by atoms with van der Waals surface area (Å²) in [7, 11) is 0. The molecule has 1 aromatic rings. The van der Waals surface area contributed by atoms with Crippen molar-refractivity contribution in [3.63, 3.8) is 0 Å². The largest absolute Gasteiger partial charge is 0.443 e. The van der Waals surface area contributed by atoms with Gasteiger partial charge < -0.3 is 10.5 Å². The smallest absolute Gasteiger partial charge is 0.431 e. The molecule has 20 heavy (non-hydrogen) atoms. The molecular formula is C14H21N3O3. The summed E-state index contributed by atoms with van der Waals surface area (Å²) in [5.41, 5.74) is 6.29. The molecule has 0 radical (unpaired) electrons. The van der Waals surface area contributed by atoms with Crippen molar-refractivity contribution in [1.82, 2.24) is 5.01 Å². The molecule has 1 atom stereocenters. The Morgan fingerprint density at radius 2 is 1.95 bits per heavy atom. The van der Waals surface area contributed by atoms with Crippen LogP contribution in [0.5, 0.6) is 0 Å². The Bertz CT molecular complexity index is 437. The van der Waals surface area contributed by atoms with Gasteiger partial charge in [-0.05, 0) is 24.4 Å². The maximum absolute atomic E-state index is 11.7. The minimum atomic E-state index is -0.848. The SMILES string of the molecule is CC(CN)CCC(=O)N(N)C(=O)OCc1ccccc1. The molecule has 110 valence electrons. The number of rotatable bonds is 6. The molecule has 0 spiro atoms. The summed E-state index contributed by atoms with van der Waals surface area (Å²) >= 11 is 0. The third kappa shape index (κ3) is 5.38. The molecule has 0 aromatic heterocycles. The molecular weight excluding hydrogens is 258 g/mol. The zero-order valence-electron chi connectivity index (χ0n) is 11.6. The average molecular weight is 279 g/mol. The van der Waals surface area contributed by atoms with E-state index in [-0.39, 0.29) is 18.9 Å². The van der Waals surface area contributed by atoms with E-state index >= 15 is 0 Å². The van der Waals surface area contributed by atoms with Crippen LogP contribution in [-0.2, 0) is 16.1 Å². The van der Waals surface area contributed by atoms with Gasteiger partial charge in [-0.2, -0.15) is 5.01 Å². The second-order valence-corrected chi connectivity index (χ2v) is 4.68. The lowest BCUT2D eigenvalue weighted by molar-refractivity contribution is -0.130. The summed E-state index contributed by atoms with van der Waals surface area (Å²) in [5, 5.41) is 0.520. The monoisotopic (exact) mass is 279 g/mol. The lowest BCUT2D eigenvalue weighted by Crippen LogP contribution is -2.43. The fourth-order valence-electron chi connectivity index (χ4n) is 1.50. The topological polar surface area (TPSA) is 98.7 Å². The predicted octanol–water partition coefficient (Wildman–Crippen LogP) is 1.40. The van der Waals surface area contributed by atoms with E-state index < -0.39 is 12.0 Å². The van der Waals surface area contributed by atoms with Gasteiger partial charge in [0.05, 0.1) is 0 Å². The van der Waals surface area contributed by atoms with Crippen molar-refractivity contribution in [3.8, 4) is 0 Å². The molecule has 0 bridgehead atoms. The van der Waals surface area contributed by atoms with Gasteiger partial charge in [0.2, 0.25) is 5.91 Å². The molecule has 4 N–H and O–H groups in total. The van der Waals surface area contributed by atoms with Crippen molar-refractivity contribution >= 4 is 12.0 Å². The molecule has 0 aliphatic rings. The van der Waals surface area contributed by atoms with Crippen LogP contribution in [0.2, 0.25) is 0 Å². The zero-order valence-corrected chi connectivity index (χ0v) is 11.6. The van der Waals surface area contributed by atoms with E-state index in [2.05, 4.69) is 0 Å². The molecule has 2 amide bonds. The van der Waals surface area contributed by atoms with Crippen LogP contribution in [0, 0.1) is 5.92 Å². The van der Waals surface area contributed by atoms with E-state index in [1.165, 1.54) is 0 Å². The Hall–Kier alpha value is -1.92. The Labute approximate surface area is 118 Å². The minimum Gasteiger partial charge on any atom is -0.443 e. The van der Waals surface area contributed by atoms with Gasteiger partial charge in [-0.15, -0.1) is 0 Å². The van der Waals surface area contributed by atoms with E-state index in [4.69, 9.17) is 16.3 Å². The van der Waals surface area contributed by atoms with Crippen LogP contribution in [0.3, 0.4) is 0 Å². The summed E-state index contributed by atoms with van der Waals surface area (Å²) in [6.07, 6.45) is -0.0798. The van der Waals surface area contributed by atoms with E-state index in [1.54, 1.807) is 0 Å². The fraction of sp³-hybridized carbons (Fsp3) is 0.429. The number of amides is 2. The van der Waals surface area contributed by atoms with Gasteiger partial charge in [-0.1, -0.05) is 37.3 Å². The molecule has 0 aliphatic heterocycles. The Morgan fingerprint density at radius 3 is 2.55 bits per heavy atom. The molecule has 0 saturated carbocycles. The summed E-state index contributed by atoms with van der Waals surface area (Å²) in [6, 6.07) is 9.17. The maximum Gasteiger partial charge on any atom is 0.431 e. The van der Waals surface area contributed by atoms with Crippen LogP contribution < -0.4 is 11.6 Å². The van der Waals surface area contributed by atoms with Gasteiger partial charge in [-0.25, -0.2) is 10.6 Å². The first-order valence-electron chi connectivity index (χ1n) is 6.53. The summed E-state index contributed by atoms with van der Waals surface area (Å²) < 4.78 is 4.96. The number of carbonyl (C=O) groups is 2. The van der Waals surface area contributed by atoms with Crippen molar-refractivity contribution in [2.24, 2.45) is 17.5 Å². The van der Waals surface area contributed by atoms with Crippen molar-refractivity contribution in [1.29, 1.82) is 0 Å². The van der Waals surface area contributed by atoms with Gasteiger partial charge in [0.15, 0.2) is 0 Å². The highest BCUT2D eigenvalue weighted by atomic mass is 16.6. The quantitative estimate of drug-likeness (QED) is 0.466. The molecule has 1 rings (SSSR count). The molecule has 0 heterocycles. The lowest BCUT2D eigenvalue weighted by Gasteiger charge is -2.15. The Kier molecular flexibility index (Phi) is 6.69. The van der Waals surface area contributed by atoms with Crippen LogP contribution in [0.1, 0.15) is 25.3 Å². The number of carbonyl (C=O) groups excluding carboxylic acids is 2. The Balaban J connectivity index is 2.36. The highest BCUT2D eigenvalue weighted by molar-refractivity contribution is 5.91. The van der Waals surface area contributed by atoms with Crippen molar-refractivity contribution in [3.05, 3.63) is 35.9 Å². The van der Waals surface area contributed by atoms with Crippen LogP contribution in [-0.4, -0.2) is 23.6 Å². The van der Waals surface area contributed by atoms with E-state index in [9.17, 15) is 9.59 Å². The highest BCUT2D eigenvalue weighted by Crippen LogP contribution is 2.06. The van der Waals surface area contributed by atoms with Gasteiger partial charge in [0, 0.05) is 6.42 Å². The average Bonchev–Trinajstić information content (AvgIpc) is 2.49. The predicted molar refractivity (Wildman–Crippen MR) is 75.1 cm³/mol. The maximum atomic E-state index is 11.7. The first-order valence-corrected chi connectivity index (χ1v) is 6.53. The summed E-state index contributed by atoms with van der Waals surface area (Å²) in [4.78, 5) is 23.3. The van der Waals surface area contributed by atoms with Gasteiger partial charge in [-0.3, -0.25) is 4.79 Å². The molecule has 0 fully saturated rings. The number of hydrazine groups is 1. The Morgan fingerprint density at radius 1 is 1.30 bits per heavy atom. The summed E-state index contributed by atoms with van der Waals surface area (Å²) in [5.74, 6) is 5.18. The van der Waals surface area contributed by atoms with Crippen molar-refractivity contribution in [2.75, 3.05) is 6.54 Å². The van der Waals surface area contributed by atoms with Crippen molar-refractivity contribution < 1.29 is 14.3 Å². The fourth-order valence-corrected chi connectivity index (χ4v) is 1.50. The van der Waals surface area contributed by atoms with Crippen LogP contribution in [0.4, 0.5) is 4.79 Å². The highest BCUT2D eigenvalue weighted by Gasteiger charge is 2.19. The number of nitrogens with two attached hydrogens (primary N) is 2. The van der Waals surface area contributed by atoms with Gasteiger partial charge >= 0.3 is 6.09 Å². The molecule has 1 aromatic carbocycles. The molecule has 0 aliphatic carbocycles. The number of hydrogen-bond acceptors (Lipinski definition) is 5. The number of benzene rings is 1. The zero-order chi connectivity index (χ0) is 15.0. The molecule has 6 heteroatoms. The van der Waals surface area contributed by atoms with E-state index in [0.717, 1.165) is 5.56 Å². The van der Waals surface area contributed by atoms with Crippen LogP contribution >= 0.6 is 0 Å². The number of hydrogen-bond donors (Lipinski definition) is 2. The second kappa shape index (κ2) is 8.29. The number of nitrogens with zero attached hydrogens (tertiary/aromatic N) is 1. The first-order chi connectivity index (χ1) is 9.54. The third-order valence-electron chi connectivity index (χ3n) is 2.92. The lowest BCUT2D eigenvalue weighted by atomic mass is 10.1. The first kappa shape index (κ1) is 16.1. The molecule has 1 unspecified atom stereocenters. The second-order valence-electron chi connectivity index (χ2n) is 4.68. The molecule has 6 nitrogen and oxygen atoms in total. The van der Waals surface area contributed by atoms with E-state index in [0.29, 0.717) is 18.0 Å². The minimum absolute atomic E-state index is 0.0832. The number of ether oxygens (including phenoxy) is 1. The normalized spacial score (nSPS) is 11.8. The van der Waals surface area contributed by atoms with Crippen molar-refractivity contribution in [2.45, 2.75) is 26.4 Å². The van der Waals surface area contributed by atoms with Gasteiger partial charge in [0.1, 0.15) is 6.61 Å². The standard InChI is InChI=1S/C14H21N3O3/c1-11(9-15)7-8-13(18)17(16)14(19)20-10-12-5-3-2-4-6-12/h2-6,11H,7-10,15-16H2,1H3.